The van der Waals surface area contributed by atoms with Gasteiger partial charge < -0.3 is 14.2 Å². The van der Waals surface area contributed by atoms with Crippen molar-refractivity contribution in [3.8, 4) is 11.7 Å². The highest BCUT2D eigenvalue weighted by molar-refractivity contribution is 5.97. The molecule has 8 heteroatoms. The highest BCUT2D eigenvalue weighted by atomic mass is 16.4. The van der Waals surface area contributed by atoms with Gasteiger partial charge in [0.15, 0.2) is 11.5 Å². The van der Waals surface area contributed by atoms with Crippen molar-refractivity contribution in [1.29, 1.82) is 0 Å². The van der Waals surface area contributed by atoms with Gasteiger partial charge in [0.05, 0.1) is 6.26 Å². The molecule has 2 aromatic heterocycles. The Labute approximate surface area is 154 Å². The fourth-order valence-corrected chi connectivity index (χ4v) is 2.19. The summed E-state index contributed by atoms with van der Waals surface area (Å²) in [6.07, 6.45) is 1.43. The van der Waals surface area contributed by atoms with Crippen molar-refractivity contribution < 1.29 is 18.4 Å². The van der Waals surface area contributed by atoms with E-state index in [2.05, 4.69) is 10.4 Å². The van der Waals surface area contributed by atoms with Gasteiger partial charge in [-0.15, -0.1) is 5.10 Å². The molecule has 1 aromatic carbocycles. The van der Waals surface area contributed by atoms with Crippen molar-refractivity contribution in [2.45, 2.75) is 27.3 Å². The van der Waals surface area contributed by atoms with Gasteiger partial charge in [-0.3, -0.25) is 9.59 Å². The summed E-state index contributed by atoms with van der Waals surface area (Å²) in [6.45, 7) is 5.17. The third-order valence-electron chi connectivity index (χ3n) is 3.78. The first-order chi connectivity index (χ1) is 12.7. The van der Waals surface area contributed by atoms with E-state index in [9.17, 15) is 14.4 Å². The van der Waals surface area contributed by atoms with Crippen LogP contribution >= 0.6 is 0 Å². The number of anilines is 1. The first kappa shape index (κ1) is 18.4. The molecule has 0 fully saturated rings. The van der Waals surface area contributed by atoms with Crippen molar-refractivity contribution in [2.75, 3.05) is 5.32 Å². The Hall–Kier alpha value is -3.42. The second kappa shape index (κ2) is 7.06. The van der Waals surface area contributed by atoms with Crippen LogP contribution in [-0.4, -0.2) is 21.5 Å². The summed E-state index contributed by atoms with van der Waals surface area (Å²) in [6, 6.07) is 9.67. The van der Waals surface area contributed by atoms with E-state index in [0.29, 0.717) is 17.0 Å². The number of furan rings is 1. The van der Waals surface area contributed by atoms with E-state index in [1.165, 1.54) is 6.26 Å². The SMILES string of the molecule is CC(C)(C)C(=O)Nc1ccc(C(=O)Cn2nc(-c3ccco3)oc2=O)cc1. The molecule has 140 valence electrons. The third-order valence-corrected chi connectivity index (χ3v) is 3.78. The summed E-state index contributed by atoms with van der Waals surface area (Å²) in [4.78, 5) is 36.3. The minimum absolute atomic E-state index is 0.0121. The lowest BCUT2D eigenvalue weighted by atomic mass is 9.95. The summed E-state index contributed by atoms with van der Waals surface area (Å²) in [5.74, 6) is -0.870. The normalized spacial score (nSPS) is 11.4. The largest absolute Gasteiger partial charge is 0.459 e. The maximum Gasteiger partial charge on any atom is 0.437 e. The Bertz CT molecular complexity index is 1010. The first-order valence-corrected chi connectivity index (χ1v) is 8.30. The molecule has 0 atom stereocenters. The van der Waals surface area contributed by atoms with Gasteiger partial charge in [0.1, 0.15) is 6.54 Å². The number of carbonyl (C=O) groups is 2. The molecule has 0 aliphatic carbocycles. The molecule has 0 aliphatic rings. The number of carbonyl (C=O) groups excluding carboxylic acids is 2. The average molecular weight is 369 g/mol. The first-order valence-electron chi connectivity index (χ1n) is 8.30. The lowest BCUT2D eigenvalue weighted by Crippen LogP contribution is -2.27. The Morgan fingerprint density at radius 2 is 1.85 bits per heavy atom. The van der Waals surface area contributed by atoms with Gasteiger partial charge in [0, 0.05) is 16.7 Å². The van der Waals surface area contributed by atoms with E-state index >= 15 is 0 Å². The molecular formula is C19H19N3O5. The van der Waals surface area contributed by atoms with E-state index in [4.69, 9.17) is 8.83 Å². The van der Waals surface area contributed by atoms with Crippen molar-refractivity contribution in [1.82, 2.24) is 9.78 Å². The van der Waals surface area contributed by atoms with Crippen molar-refractivity contribution >= 4 is 17.4 Å². The lowest BCUT2D eigenvalue weighted by Gasteiger charge is -2.17. The predicted octanol–water partition coefficient (Wildman–Crippen LogP) is 2.96. The molecule has 2 heterocycles. The number of benzene rings is 1. The van der Waals surface area contributed by atoms with Gasteiger partial charge in [-0.25, -0.2) is 4.79 Å². The van der Waals surface area contributed by atoms with E-state index in [1.807, 2.05) is 20.8 Å². The fourth-order valence-electron chi connectivity index (χ4n) is 2.19. The minimum atomic E-state index is -0.746. The van der Waals surface area contributed by atoms with Crippen LogP contribution in [0.25, 0.3) is 11.7 Å². The Morgan fingerprint density at radius 3 is 2.44 bits per heavy atom. The molecule has 0 radical (unpaired) electrons. The number of aromatic nitrogens is 2. The molecule has 0 spiro atoms. The number of Topliss-reactive ketones (excluding diaryl/α,β-unsaturated/α-hetero) is 1. The maximum atomic E-state index is 12.4. The molecule has 0 saturated carbocycles. The number of hydrogen-bond acceptors (Lipinski definition) is 6. The fraction of sp³-hybridized carbons (Fsp3) is 0.263. The number of nitrogens with one attached hydrogen (secondary N) is 1. The van der Waals surface area contributed by atoms with Crippen LogP contribution in [0.15, 0.2) is 56.3 Å². The van der Waals surface area contributed by atoms with Gasteiger partial charge in [-0.2, -0.15) is 4.68 Å². The Kier molecular flexibility index (Phi) is 4.81. The minimum Gasteiger partial charge on any atom is -0.459 e. The summed E-state index contributed by atoms with van der Waals surface area (Å²) in [7, 11) is 0. The molecule has 0 saturated heterocycles. The molecule has 1 amide bonds. The zero-order valence-corrected chi connectivity index (χ0v) is 15.2. The monoisotopic (exact) mass is 369 g/mol. The second-order valence-electron chi connectivity index (χ2n) is 7.01. The highest BCUT2D eigenvalue weighted by Gasteiger charge is 2.21. The van der Waals surface area contributed by atoms with Crippen molar-refractivity contribution in [3.63, 3.8) is 0 Å². The van der Waals surface area contributed by atoms with Gasteiger partial charge >= 0.3 is 5.76 Å². The molecule has 0 unspecified atom stereocenters. The van der Waals surface area contributed by atoms with E-state index < -0.39 is 11.2 Å². The number of amides is 1. The summed E-state index contributed by atoms with van der Waals surface area (Å²) >= 11 is 0. The van der Waals surface area contributed by atoms with Gasteiger partial charge in [-0.1, -0.05) is 20.8 Å². The molecule has 3 aromatic rings. The second-order valence-corrected chi connectivity index (χ2v) is 7.01. The highest BCUT2D eigenvalue weighted by Crippen LogP contribution is 2.18. The zero-order chi connectivity index (χ0) is 19.6. The molecular weight excluding hydrogens is 350 g/mol. The third kappa shape index (κ3) is 4.22. The average Bonchev–Trinajstić information content (AvgIpc) is 3.25. The van der Waals surface area contributed by atoms with Gasteiger partial charge in [0.25, 0.3) is 5.89 Å². The topological polar surface area (TPSA) is 107 Å². The summed E-state index contributed by atoms with van der Waals surface area (Å²) < 4.78 is 11.1. The predicted molar refractivity (Wildman–Crippen MR) is 97.3 cm³/mol. The lowest BCUT2D eigenvalue weighted by molar-refractivity contribution is -0.123. The van der Waals surface area contributed by atoms with Crippen LogP contribution in [0.5, 0.6) is 0 Å². The van der Waals surface area contributed by atoms with Crippen LogP contribution < -0.4 is 11.1 Å². The van der Waals surface area contributed by atoms with E-state index in [-0.39, 0.29) is 24.1 Å². The van der Waals surface area contributed by atoms with Crippen LogP contribution in [0.3, 0.4) is 0 Å². The molecule has 1 N–H and O–H groups in total. The molecule has 8 nitrogen and oxygen atoms in total. The van der Waals surface area contributed by atoms with Crippen LogP contribution in [0.2, 0.25) is 0 Å². The quantitative estimate of drug-likeness (QED) is 0.693. The number of rotatable bonds is 5. The van der Waals surface area contributed by atoms with Crippen molar-refractivity contribution in [2.24, 2.45) is 5.41 Å². The summed E-state index contributed by atoms with van der Waals surface area (Å²) in [5, 5.41) is 6.75. The molecule has 3 rings (SSSR count). The van der Waals surface area contributed by atoms with Crippen LogP contribution in [-0.2, 0) is 11.3 Å². The standard InChI is InChI=1S/C19H19N3O5/c1-19(2,3)17(24)20-13-8-6-12(7-9-13)14(23)11-22-18(25)27-16(21-22)15-5-4-10-26-15/h4-10H,11H2,1-3H3,(H,20,24). The van der Waals surface area contributed by atoms with Crippen molar-refractivity contribution in [3.05, 3.63) is 58.8 Å². The van der Waals surface area contributed by atoms with E-state index in [1.54, 1.807) is 36.4 Å². The molecule has 27 heavy (non-hydrogen) atoms. The van der Waals surface area contributed by atoms with Crippen LogP contribution in [0.4, 0.5) is 5.69 Å². The van der Waals surface area contributed by atoms with E-state index in [0.717, 1.165) is 4.68 Å². The summed E-state index contributed by atoms with van der Waals surface area (Å²) in [5.41, 5.74) is 0.456. The van der Waals surface area contributed by atoms with Gasteiger partial charge in [0.2, 0.25) is 5.91 Å². The van der Waals surface area contributed by atoms with Crippen LogP contribution in [0.1, 0.15) is 31.1 Å². The Balaban J connectivity index is 1.70. The maximum absolute atomic E-state index is 12.4. The number of hydrogen-bond donors (Lipinski definition) is 1. The zero-order valence-electron chi connectivity index (χ0n) is 15.2. The van der Waals surface area contributed by atoms with Gasteiger partial charge in [-0.05, 0) is 36.4 Å². The Morgan fingerprint density at radius 1 is 1.15 bits per heavy atom. The number of ketones is 1. The molecule has 0 bridgehead atoms. The number of nitrogens with zero attached hydrogens (tertiary/aromatic N) is 2. The smallest absolute Gasteiger partial charge is 0.437 e. The van der Waals surface area contributed by atoms with Crippen LogP contribution in [0, 0.1) is 5.41 Å². The molecule has 0 aliphatic heterocycles.